The van der Waals surface area contributed by atoms with Crippen LogP contribution in [0.5, 0.6) is 0 Å². The van der Waals surface area contributed by atoms with E-state index in [1.807, 2.05) is 0 Å². The van der Waals surface area contributed by atoms with Gasteiger partial charge in [0.1, 0.15) is 28.9 Å². The van der Waals surface area contributed by atoms with E-state index in [2.05, 4.69) is 15.3 Å². The number of carbonyl (C=O) groups is 1. The summed E-state index contributed by atoms with van der Waals surface area (Å²) in [6, 6.07) is 1.23. The van der Waals surface area contributed by atoms with Gasteiger partial charge in [-0.05, 0) is 6.07 Å². The molecular weight excluding hydrogens is 475 g/mol. The van der Waals surface area contributed by atoms with Gasteiger partial charge >= 0.3 is 6.18 Å². The number of aliphatic imine (C=N–C) groups is 2. The highest BCUT2D eigenvalue weighted by Crippen LogP contribution is 2.32. The van der Waals surface area contributed by atoms with Gasteiger partial charge in [-0.1, -0.05) is 0 Å². The highest BCUT2D eigenvalue weighted by Gasteiger charge is 2.35. The molecule has 3 rings (SSSR count). The molecule has 8 nitrogen and oxygen atoms in total. The van der Waals surface area contributed by atoms with Crippen LogP contribution in [0.3, 0.4) is 0 Å². The van der Waals surface area contributed by atoms with Crippen molar-refractivity contribution in [1.29, 1.82) is 0 Å². The van der Waals surface area contributed by atoms with Gasteiger partial charge in [0.2, 0.25) is 5.91 Å². The first-order chi connectivity index (χ1) is 16.4. The highest BCUT2D eigenvalue weighted by molar-refractivity contribution is 6.11. The average Bonchev–Trinajstić information content (AvgIpc) is 2.75. The first-order valence-corrected chi connectivity index (χ1v) is 10.6. The second-order valence-corrected chi connectivity index (χ2v) is 8.02. The first kappa shape index (κ1) is 26.1. The molecule has 190 valence electrons. The summed E-state index contributed by atoms with van der Waals surface area (Å²) in [5.74, 6) is -2.68. The summed E-state index contributed by atoms with van der Waals surface area (Å²) in [5, 5.41) is 3.27. The molecule has 0 saturated carbocycles. The third-order valence-electron chi connectivity index (χ3n) is 5.54. The first-order valence-electron chi connectivity index (χ1n) is 10.6. The molecule has 0 atom stereocenters. The molecule has 2 heterocycles. The number of rotatable bonds is 6. The van der Waals surface area contributed by atoms with E-state index in [1.54, 1.807) is 0 Å². The van der Waals surface area contributed by atoms with Crippen molar-refractivity contribution in [2.45, 2.75) is 25.6 Å². The lowest BCUT2D eigenvalue weighted by atomic mass is 10.0. The monoisotopic (exact) mass is 500 g/mol. The van der Waals surface area contributed by atoms with Crippen molar-refractivity contribution >= 4 is 29.2 Å². The van der Waals surface area contributed by atoms with Crippen molar-refractivity contribution in [1.82, 2.24) is 10.2 Å². The smallest absolute Gasteiger partial charge is 0.394 e. The molecule has 5 N–H and O–H groups in total. The molecule has 1 saturated heterocycles. The standard InChI is InChI=1S/C22H25F5N6O2/c1-11(34)33-4-3-18(31-12-9-35-10-12)15(8-33)21(29)32-19-6-16(23)13(5-17(19)24)14(7-30-2)20(28)22(25,26)27/h5-7,12,31H,3-4,8-10,28H2,1-2H3,(H2,29,32). The fourth-order valence-electron chi connectivity index (χ4n) is 3.58. The Morgan fingerprint density at radius 3 is 2.46 bits per heavy atom. The van der Waals surface area contributed by atoms with Crippen molar-refractivity contribution in [3.63, 3.8) is 0 Å². The van der Waals surface area contributed by atoms with E-state index in [-0.39, 0.29) is 24.3 Å². The molecule has 2 aliphatic heterocycles. The summed E-state index contributed by atoms with van der Waals surface area (Å²) in [6.07, 6.45) is -3.84. The summed E-state index contributed by atoms with van der Waals surface area (Å²) >= 11 is 0. The van der Waals surface area contributed by atoms with E-state index in [0.29, 0.717) is 55.8 Å². The van der Waals surface area contributed by atoms with Crippen LogP contribution in [-0.4, -0.2) is 68.4 Å². The number of benzene rings is 1. The van der Waals surface area contributed by atoms with Gasteiger partial charge in [-0.25, -0.2) is 13.8 Å². The van der Waals surface area contributed by atoms with Crippen LogP contribution < -0.4 is 16.8 Å². The van der Waals surface area contributed by atoms with Gasteiger partial charge in [0, 0.05) is 61.6 Å². The van der Waals surface area contributed by atoms with Gasteiger partial charge in [-0.2, -0.15) is 13.2 Å². The molecule has 13 heteroatoms. The molecule has 0 aromatic heterocycles. The molecule has 0 aliphatic carbocycles. The maximum absolute atomic E-state index is 14.9. The second-order valence-electron chi connectivity index (χ2n) is 8.02. The summed E-state index contributed by atoms with van der Waals surface area (Å²) in [7, 11) is 1.17. The Labute approximate surface area is 198 Å². The van der Waals surface area contributed by atoms with E-state index in [4.69, 9.17) is 16.2 Å². The number of nitrogens with zero attached hydrogens (tertiary/aromatic N) is 3. The van der Waals surface area contributed by atoms with Crippen molar-refractivity contribution in [2.75, 3.05) is 33.4 Å². The zero-order valence-electron chi connectivity index (χ0n) is 19.0. The Morgan fingerprint density at radius 1 is 1.23 bits per heavy atom. The molecule has 2 aliphatic rings. The molecule has 35 heavy (non-hydrogen) atoms. The molecule has 1 amide bonds. The number of ether oxygens (including phenoxy) is 1. The molecule has 0 bridgehead atoms. The largest absolute Gasteiger partial charge is 0.431 e. The fourth-order valence-corrected chi connectivity index (χ4v) is 3.58. The third-order valence-corrected chi connectivity index (χ3v) is 5.54. The maximum atomic E-state index is 14.9. The van der Waals surface area contributed by atoms with E-state index in [0.717, 1.165) is 0 Å². The van der Waals surface area contributed by atoms with Crippen molar-refractivity contribution in [3.05, 3.63) is 46.3 Å². The molecule has 1 fully saturated rings. The molecule has 0 spiro atoms. The van der Waals surface area contributed by atoms with Crippen LogP contribution in [0.15, 0.2) is 39.1 Å². The molecule has 1 aromatic carbocycles. The number of allylic oxidation sites excluding steroid dienone is 2. The number of hydrogen-bond acceptors (Lipinski definition) is 6. The maximum Gasteiger partial charge on any atom is 0.431 e. The molecule has 1 aromatic rings. The van der Waals surface area contributed by atoms with E-state index >= 15 is 0 Å². The van der Waals surface area contributed by atoms with Crippen LogP contribution in [0.4, 0.5) is 27.6 Å². The van der Waals surface area contributed by atoms with Gasteiger partial charge in [-0.3, -0.25) is 9.79 Å². The Morgan fingerprint density at radius 2 is 1.91 bits per heavy atom. The number of nitrogens with one attached hydrogen (secondary N) is 1. The van der Waals surface area contributed by atoms with Gasteiger partial charge < -0.3 is 26.4 Å². The normalized spacial score (nSPS) is 18.6. The Bertz CT molecular complexity index is 1120. The quantitative estimate of drug-likeness (QED) is 0.315. The summed E-state index contributed by atoms with van der Waals surface area (Å²) < 4.78 is 74.1. The van der Waals surface area contributed by atoms with Gasteiger partial charge in [0.05, 0.1) is 25.8 Å². The van der Waals surface area contributed by atoms with E-state index in [1.165, 1.54) is 18.9 Å². The second kappa shape index (κ2) is 10.4. The minimum absolute atomic E-state index is 0.0506. The number of amides is 1. The summed E-state index contributed by atoms with van der Waals surface area (Å²) in [6.45, 7) is 2.92. The number of nitrogens with two attached hydrogens (primary N) is 2. The number of halogens is 5. The molecule has 0 radical (unpaired) electrons. The number of hydrogen-bond donors (Lipinski definition) is 3. The molecular formula is C22H25F5N6O2. The van der Waals surface area contributed by atoms with Crippen molar-refractivity contribution < 1.29 is 31.5 Å². The van der Waals surface area contributed by atoms with Crippen LogP contribution in [0, 0.1) is 11.6 Å². The van der Waals surface area contributed by atoms with Gasteiger partial charge in [0.15, 0.2) is 0 Å². The summed E-state index contributed by atoms with van der Waals surface area (Å²) in [5.41, 5.74) is 8.71. The average molecular weight is 500 g/mol. The van der Waals surface area contributed by atoms with Crippen molar-refractivity contribution in [3.8, 4) is 0 Å². The van der Waals surface area contributed by atoms with Crippen LogP contribution in [0.25, 0.3) is 5.57 Å². The lowest BCUT2D eigenvalue weighted by Crippen LogP contribution is -2.49. The van der Waals surface area contributed by atoms with E-state index in [9.17, 15) is 26.7 Å². The SMILES string of the molecule is CN=CC(=C(N)C(F)(F)F)c1cc(F)c(N=C(N)C2=C(NC3COC3)CCN(C(C)=O)C2)cc1F. The topological polar surface area (TPSA) is 118 Å². The van der Waals surface area contributed by atoms with Gasteiger partial charge in [-0.15, -0.1) is 0 Å². The minimum atomic E-state index is -4.98. The zero-order valence-corrected chi connectivity index (χ0v) is 19.0. The Kier molecular flexibility index (Phi) is 7.78. The lowest BCUT2D eigenvalue weighted by molar-refractivity contribution is -0.128. The van der Waals surface area contributed by atoms with Crippen molar-refractivity contribution in [2.24, 2.45) is 21.5 Å². The van der Waals surface area contributed by atoms with Crippen LogP contribution in [0.1, 0.15) is 18.9 Å². The molecule has 0 unspecified atom stereocenters. The van der Waals surface area contributed by atoms with Crippen LogP contribution in [-0.2, 0) is 9.53 Å². The van der Waals surface area contributed by atoms with Crippen LogP contribution >= 0.6 is 0 Å². The zero-order chi connectivity index (χ0) is 25.9. The predicted molar refractivity (Wildman–Crippen MR) is 121 cm³/mol. The third kappa shape index (κ3) is 5.96. The Balaban J connectivity index is 2.02. The number of alkyl halides is 3. The summed E-state index contributed by atoms with van der Waals surface area (Å²) in [4.78, 5) is 20.8. The lowest BCUT2D eigenvalue weighted by Gasteiger charge is -2.35. The van der Waals surface area contributed by atoms with E-state index < -0.39 is 40.3 Å². The predicted octanol–water partition coefficient (Wildman–Crippen LogP) is 2.38. The van der Waals surface area contributed by atoms with Gasteiger partial charge in [0.25, 0.3) is 0 Å². The highest BCUT2D eigenvalue weighted by atomic mass is 19.4. The number of amidine groups is 1. The Hall–Kier alpha value is -3.48. The van der Waals surface area contributed by atoms with Crippen LogP contribution in [0.2, 0.25) is 0 Å². The minimum Gasteiger partial charge on any atom is -0.394 e. The fraction of sp³-hybridized carbons (Fsp3) is 0.409. The number of carbonyl (C=O) groups excluding carboxylic acids is 1.